The van der Waals surface area contributed by atoms with Gasteiger partial charge in [0.05, 0.1) is 6.54 Å². The normalized spacial score (nSPS) is 13.2. The summed E-state index contributed by atoms with van der Waals surface area (Å²) in [5.74, 6) is -0.133. The maximum Gasteiger partial charge on any atom is 0.499 e. The van der Waals surface area contributed by atoms with Crippen molar-refractivity contribution in [2.24, 2.45) is 0 Å². The molecule has 0 aliphatic rings. The van der Waals surface area contributed by atoms with Crippen molar-refractivity contribution in [2.75, 3.05) is 11.4 Å². The summed E-state index contributed by atoms with van der Waals surface area (Å²) >= 11 is 0. The lowest BCUT2D eigenvalue weighted by atomic mass is 10.1. The van der Waals surface area contributed by atoms with Crippen molar-refractivity contribution in [1.82, 2.24) is 0 Å². The van der Waals surface area contributed by atoms with Gasteiger partial charge in [0.15, 0.2) is 6.10 Å². The predicted octanol–water partition coefficient (Wildman–Crippen LogP) is 6.94. The van der Waals surface area contributed by atoms with E-state index in [1.807, 2.05) is 0 Å². The van der Waals surface area contributed by atoms with Crippen LogP contribution >= 0.6 is 0 Å². The molecule has 3 aromatic carbocycles. The minimum Gasteiger partial charge on any atom is -0.457 e. The number of rotatable bonds is 9. The van der Waals surface area contributed by atoms with Gasteiger partial charge in [-0.05, 0) is 42.0 Å². The van der Waals surface area contributed by atoms with Crippen LogP contribution in [0.15, 0.2) is 78.9 Å². The van der Waals surface area contributed by atoms with Gasteiger partial charge in [-0.3, -0.25) is 0 Å². The summed E-state index contributed by atoms with van der Waals surface area (Å²) in [7, 11) is 0. The van der Waals surface area contributed by atoms with Crippen LogP contribution in [-0.2, 0) is 6.54 Å². The first-order valence-corrected chi connectivity index (χ1v) is 10.3. The lowest BCUT2D eigenvalue weighted by Crippen LogP contribution is -2.42. The Hall–Kier alpha value is -3.54. The van der Waals surface area contributed by atoms with Gasteiger partial charge in [-0.15, -0.1) is 0 Å². The van der Waals surface area contributed by atoms with E-state index in [4.69, 9.17) is 4.74 Å². The van der Waals surface area contributed by atoms with E-state index in [1.165, 1.54) is 24.3 Å². The summed E-state index contributed by atoms with van der Waals surface area (Å²) in [4.78, 5) is 1.08. The Labute approximate surface area is 200 Å². The molecule has 1 unspecified atom stereocenters. The Kier molecular flexibility index (Phi) is 7.97. The summed E-state index contributed by atoms with van der Waals surface area (Å²) in [6, 6.07) is 18.5. The molecule has 0 heterocycles. The number of para-hydroxylation sites is 1. The third-order valence-electron chi connectivity index (χ3n) is 4.78. The Balaban J connectivity index is 1.88. The molecule has 0 radical (unpaired) electrons. The van der Waals surface area contributed by atoms with E-state index in [1.54, 1.807) is 36.4 Å². The van der Waals surface area contributed by atoms with Crippen molar-refractivity contribution in [2.45, 2.75) is 31.1 Å². The molecule has 1 N–H and O–H groups in total. The van der Waals surface area contributed by atoms with Gasteiger partial charge in [-0.1, -0.05) is 36.4 Å². The molecule has 1 atom stereocenters. The number of hydrogen-bond acceptors (Lipinski definition) is 4. The fraction of sp³-hybridized carbons (Fsp3) is 0.250. The first-order valence-electron chi connectivity index (χ1n) is 10.3. The maximum atomic E-state index is 13.3. The van der Waals surface area contributed by atoms with Crippen LogP contribution in [0.25, 0.3) is 0 Å². The number of nitrogens with zero attached hydrogens (tertiary/aromatic N) is 1. The standard InChI is InChI=1S/C24H19F8NO3/c25-22(26,27)21(34)15-33(17-7-5-10-19(13-17)35-18-8-2-1-3-9-18)14-16-6-4-11-20(12-16)36-24(31,32)23(28,29)30/h1-13,21,34H,14-15H2. The molecule has 0 aliphatic carbocycles. The van der Waals surface area contributed by atoms with Crippen molar-refractivity contribution in [3.05, 3.63) is 84.4 Å². The van der Waals surface area contributed by atoms with Gasteiger partial charge in [-0.25, -0.2) is 0 Å². The fourth-order valence-corrected chi connectivity index (χ4v) is 3.08. The molecule has 3 aromatic rings. The van der Waals surface area contributed by atoms with Gasteiger partial charge >= 0.3 is 18.5 Å². The molecule has 194 valence electrons. The van der Waals surface area contributed by atoms with Crippen LogP contribution in [0.2, 0.25) is 0 Å². The van der Waals surface area contributed by atoms with Crippen LogP contribution in [0.4, 0.5) is 40.8 Å². The second-order valence-electron chi connectivity index (χ2n) is 7.61. The molecule has 0 amide bonds. The van der Waals surface area contributed by atoms with Gasteiger partial charge in [-0.2, -0.15) is 35.1 Å². The lowest BCUT2D eigenvalue weighted by molar-refractivity contribution is -0.360. The average molecular weight is 521 g/mol. The van der Waals surface area contributed by atoms with E-state index in [2.05, 4.69) is 4.74 Å². The van der Waals surface area contributed by atoms with Crippen molar-refractivity contribution in [3.8, 4) is 17.2 Å². The monoisotopic (exact) mass is 521 g/mol. The number of ether oxygens (including phenoxy) is 2. The van der Waals surface area contributed by atoms with Crippen molar-refractivity contribution in [3.63, 3.8) is 0 Å². The maximum absolute atomic E-state index is 13.3. The minimum absolute atomic E-state index is 0.0502. The van der Waals surface area contributed by atoms with Crippen LogP contribution in [0.1, 0.15) is 5.56 Å². The summed E-state index contributed by atoms with van der Waals surface area (Å²) in [6.07, 6.45) is -19.2. The highest BCUT2D eigenvalue weighted by Gasteiger charge is 2.61. The number of halogens is 8. The van der Waals surface area contributed by atoms with Crippen LogP contribution in [0.5, 0.6) is 17.2 Å². The molecule has 3 rings (SSSR count). The summed E-state index contributed by atoms with van der Waals surface area (Å²) < 4.78 is 113. The molecule has 0 aromatic heterocycles. The minimum atomic E-state index is -5.97. The second kappa shape index (κ2) is 10.6. The van der Waals surface area contributed by atoms with E-state index in [9.17, 15) is 40.2 Å². The third kappa shape index (κ3) is 7.23. The number of benzene rings is 3. The van der Waals surface area contributed by atoms with Gasteiger partial charge in [0.1, 0.15) is 17.2 Å². The number of alkyl halides is 8. The molecular formula is C24H19F8NO3. The van der Waals surface area contributed by atoms with E-state index >= 15 is 0 Å². The summed E-state index contributed by atoms with van der Waals surface area (Å²) in [6.45, 7) is -1.35. The van der Waals surface area contributed by atoms with E-state index in [0.29, 0.717) is 5.75 Å². The second-order valence-corrected chi connectivity index (χ2v) is 7.61. The highest BCUT2D eigenvalue weighted by Crippen LogP contribution is 2.37. The molecule has 0 bridgehead atoms. The van der Waals surface area contributed by atoms with E-state index < -0.39 is 43.4 Å². The number of aliphatic hydroxyl groups is 1. The Morgan fingerprint density at radius 3 is 1.97 bits per heavy atom. The smallest absolute Gasteiger partial charge is 0.457 e. The molecular weight excluding hydrogens is 502 g/mol. The van der Waals surface area contributed by atoms with Crippen molar-refractivity contribution < 1.29 is 49.7 Å². The van der Waals surface area contributed by atoms with E-state index in [0.717, 1.165) is 23.1 Å². The molecule has 4 nitrogen and oxygen atoms in total. The quantitative estimate of drug-likeness (QED) is 0.310. The van der Waals surface area contributed by atoms with Crippen LogP contribution < -0.4 is 14.4 Å². The molecule has 36 heavy (non-hydrogen) atoms. The number of anilines is 1. The zero-order valence-corrected chi connectivity index (χ0v) is 18.2. The molecule has 0 saturated heterocycles. The average Bonchev–Trinajstić information content (AvgIpc) is 2.78. The van der Waals surface area contributed by atoms with Gasteiger partial charge in [0, 0.05) is 18.3 Å². The van der Waals surface area contributed by atoms with Gasteiger partial charge < -0.3 is 19.5 Å². The first-order chi connectivity index (χ1) is 16.7. The molecule has 0 aliphatic heterocycles. The Morgan fingerprint density at radius 1 is 0.722 bits per heavy atom. The first kappa shape index (κ1) is 27.1. The summed E-state index contributed by atoms with van der Waals surface area (Å²) in [5, 5.41) is 9.65. The van der Waals surface area contributed by atoms with Gasteiger partial charge in [0.2, 0.25) is 0 Å². The topological polar surface area (TPSA) is 41.9 Å². The van der Waals surface area contributed by atoms with Crippen molar-refractivity contribution >= 4 is 5.69 Å². The molecule has 0 fully saturated rings. The highest BCUT2D eigenvalue weighted by atomic mass is 19.4. The predicted molar refractivity (Wildman–Crippen MR) is 114 cm³/mol. The Bertz CT molecular complexity index is 1140. The number of aliphatic hydroxyl groups excluding tert-OH is 1. The van der Waals surface area contributed by atoms with Crippen LogP contribution in [0.3, 0.4) is 0 Å². The van der Waals surface area contributed by atoms with Gasteiger partial charge in [0.25, 0.3) is 0 Å². The van der Waals surface area contributed by atoms with Crippen molar-refractivity contribution in [1.29, 1.82) is 0 Å². The van der Waals surface area contributed by atoms with Crippen LogP contribution in [-0.4, -0.2) is 36.2 Å². The fourth-order valence-electron chi connectivity index (χ4n) is 3.08. The Morgan fingerprint density at radius 2 is 1.33 bits per heavy atom. The lowest BCUT2D eigenvalue weighted by Gasteiger charge is -2.29. The largest absolute Gasteiger partial charge is 0.499 e. The summed E-state index contributed by atoms with van der Waals surface area (Å²) in [5.41, 5.74) is 0.216. The SMILES string of the molecule is OC(CN(Cc1cccc(OC(F)(F)C(F)(F)F)c1)c1cccc(Oc2ccccc2)c1)C(F)(F)F. The molecule has 0 spiro atoms. The van der Waals surface area contributed by atoms with Crippen LogP contribution in [0, 0.1) is 0 Å². The third-order valence-corrected chi connectivity index (χ3v) is 4.78. The zero-order chi connectivity index (χ0) is 26.6. The highest BCUT2D eigenvalue weighted by molar-refractivity contribution is 5.52. The number of hydrogen-bond donors (Lipinski definition) is 1. The molecule has 12 heteroatoms. The molecule has 0 saturated carbocycles. The zero-order valence-electron chi connectivity index (χ0n) is 18.2. The van der Waals surface area contributed by atoms with E-state index in [-0.39, 0.29) is 17.0 Å².